The summed E-state index contributed by atoms with van der Waals surface area (Å²) in [5, 5.41) is 4.84. The van der Waals surface area contributed by atoms with Crippen molar-refractivity contribution in [1.82, 2.24) is 10.6 Å². The van der Waals surface area contributed by atoms with Gasteiger partial charge in [-0.1, -0.05) is 19.3 Å². The molecule has 0 saturated heterocycles. The minimum absolute atomic E-state index is 0.0979. The summed E-state index contributed by atoms with van der Waals surface area (Å²) >= 11 is 0. The first kappa shape index (κ1) is 14.8. The maximum Gasteiger partial charge on any atom is 0.321 e. The van der Waals surface area contributed by atoms with Crippen LogP contribution in [0.25, 0.3) is 0 Å². The lowest BCUT2D eigenvalue weighted by Crippen LogP contribution is -2.45. The van der Waals surface area contributed by atoms with Crippen LogP contribution in [0.4, 0.5) is 4.79 Å². The second-order valence-electron chi connectivity index (χ2n) is 5.65. The molecule has 1 unspecified atom stereocenters. The molecule has 2 rings (SSSR count). The van der Waals surface area contributed by atoms with Gasteiger partial charge in [-0.05, 0) is 32.6 Å². The van der Waals surface area contributed by atoms with Crippen LogP contribution in [-0.2, 0) is 14.3 Å². The van der Waals surface area contributed by atoms with Crippen molar-refractivity contribution in [2.24, 2.45) is 5.92 Å². The molecule has 0 aromatic rings. The van der Waals surface area contributed by atoms with E-state index in [0.29, 0.717) is 0 Å². The first-order valence-corrected chi connectivity index (χ1v) is 7.38. The molecule has 0 aromatic heterocycles. The van der Waals surface area contributed by atoms with E-state index in [0.717, 1.165) is 44.9 Å². The standard InChI is InChI=1S/C14H22N2O4/c1-9(12(17)16-14(19)15-11-7-8-11)20-13(18)10-5-3-2-4-6-10/h9-11H,2-8H2,1H3,(H2,15,16,17,19). The van der Waals surface area contributed by atoms with Crippen molar-refractivity contribution in [2.45, 2.75) is 64.0 Å². The topological polar surface area (TPSA) is 84.5 Å². The quantitative estimate of drug-likeness (QED) is 0.765. The number of nitrogens with one attached hydrogen (secondary N) is 2. The Bertz CT molecular complexity index is 387. The maximum absolute atomic E-state index is 11.9. The maximum atomic E-state index is 11.9. The summed E-state index contributed by atoms with van der Waals surface area (Å²) in [5.74, 6) is -0.999. The minimum atomic E-state index is -0.936. The molecule has 3 amide bonds. The zero-order chi connectivity index (χ0) is 14.5. The molecule has 6 heteroatoms. The number of hydrogen-bond acceptors (Lipinski definition) is 4. The Morgan fingerprint density at radius 1 is 1.05 bits per heavy atom. The third kappa shape index (κ3) is 4.51. The average molecular weight is 282 g/mol. The van der Waals surface area contributed by atoms with Crippen LogP contribution in [0.1, 0.15) is 51.9 Å². The van der Waals surface area contributed by atoms with E-state index in [1.165, 1.54) is 6.92 Å². The van der Waals surface area contributed by atoms with Crippen LogP contribution in [0, 0.1) is 5.92 Å². The van der Waals surface area contributed by atoms with Crippen molar-refractivity contribution >= 4 is 17.9 Å². The Kier molecular flexibility index (Phi) is 4.98. The van der Waals surface area contributed by atoms with Crippen LogP contribution in [-0.4, -0.2) is 30.1 Å². The van der Waals surface area contributed by atoms with Crippen molar-refractivity contribution in [3.05, 3.63) is 0 Å². The number of carbonyl (C=O) groups excluding carboxylic acids is 3. The van der Waals surface area contributed by atoms with E-state index >= 15 is 0 Å². The summed E-state index contributed by atoms with van der Waals surface area (Å²) in [6.45, 7) is 1.49. The first-order valence-electron chi connectivity index (χ1n) is 7.38. The van der Waals surface area contributed by atoms with E-state index in [1.807, 2.05) is 0 Å². The van der Waals surface area contributed by atoms with Gasteiger partial charge in [0, 0.05) is 6.04 Å². The number of carbonyl (C=O) groups is 3. The van der Waals surface area contributed by atoms with E-state index < -0.39 is 18.0 Å². The van der Waals surface area contributed by atoms with E-state index in [1.54, 1.807) is 0 Å². The summed E-state index contributed by atoms with van der Waals surface area (Å²) in [4.78, 5) is 35.0. The molecule has 2 saturated carbocycles. The SMILES string of the molecule is CC(OC(=O)C1CCCCC1)C(=O)NC(=O)NC1CC1. The minimum Gasteiger partial charge on any atom is -0.452 e. The first-order chi connectivity index (χ1) is 9.56. The van der Waals surface area contributed by atoms with E-state index in [2.05, 4.69) is 10.6 Å². The predicted molar refractivity (Wildman–Crippen MR) is 71.8 cm³/mol. The summed E-state index contributed by atoms with van der Waals surface area (Å²) in [6.07, 6.45) is 5.84. The molecule has 0 aliphatic heterocycles. The van der Waals surface area contributed by atoms with E-state index in [9.17, 15) is 14.4 Å². The molecule has 0 radical (unpaired) electrons. The molecular weight excluding hydrogens is 260 g/mol. The molecule has 0 aromatic carbocycles. The van der Waals surface area contributed by atoms with Gasteiger partial charge in [-0.15, -0.1) is 0 Å². The Balaban J connectivity index is 1.71. The van der Waals surface area contributed by atoms with Gasteiger partial charge in [-0.3, -0.25) is 14.9 Å². The lowest BCUT2D eigenvalue weighted by Gasteiger charge is -2.22. The molecule has 2 fully saturated rings. The van der Waals surface area contributed by atoms with Gasteiger partial charge >= 0.3 is 12.0 Å². The number of amides is 3. The molecule has 6 nitrogen and oxygen atoms in total. The summed E-state index contributed by atoms with van der Waals surface area (Å²) in [7, 11) is 0. The Morgan fingerprint density at radius 2 is 1.70 bits per heavy atom. The summed E-state index contributed by atoms with van der Waals surface area (Å²) in [5.41, 5.74) is 0. The van der Waals surface area contributed by atoms with E-state index in [4.69, 9.17) is 4.74 Å². The predicted octanol–water partition coefficient (Wildman–Crippen LogP) is 1.49. The van der Waals surface area contributed by atoms with Gasteiger partial charge in [-0.25, -0.2) is 4.79 Å². The lowest BCUT2D eigenvalue weighted by molar-refractivity contribution is -0.159. The highest BCUT2D eigenvalue weighted by Crippen LogP contribution is 2.25. The van der Waals surface area contributed by atoms with Crippen molar-refractivity contribution < 1.29 is 19.1 Å². The van der Waals surface area contributed by atoms with Crippen molar-refractivity contribution in [2.75, 3.05) is 0 Å². The monoisotopic (exact) mass is 282 g/mol. The van der Waals surface area contributed by atoms with Gasteiger partial charge in [0.2, 0.25) is 0 Å². The second-order valence-corrected chi connectivity index (χ2v) is 5.65. The van der Waals surface area contributed by atoms with Crippen molar-refractivity contribution in [3.63, 3.8) is 0 Å². The van der Waals surface area contributed by atoms with Gasteiger partial charge in [0.05, 0.1) is 5.92 Å². The normalized spacial score (nSPS) is 20.9. The van der Waals surface area contributed by atoms with Crippen molar-refractivity contribution in [3.8, 4) is 0 Å². The fraction of sp³-hybridized carbons (Fsp3) is 0.786. The van der Waals surface area contributed by atoms with Gasteiger partial charge in [-0.2, -0.15) is 0 Å². The highest BCUT2D eigenvalue weighted by molar-refractivity contribution is 5.97. The van der Waals surface area contributed by atoms with Crippen LogP contribution in [0.15, 0.2) is 0 Å². The zero-order valence-electron chi connectivity index (χ0n) is 11.8. The molecule has 2 N–H and O–H groups in total. The van der Waals surface area contributed by atoms with Crippen molar-refractivity contribution in [1.29, 1.82) is 0 Å². The molecular formula is C14H22N2O4. The third-order valence-corrected chi connectivity index (χ3v) is 3.75. The highest BCUT2D eigenvalue weighted by Gasteiger charge is 2.28. The largest absolute Gasteiger partial charge is 0.452 e. The Morgan fingerprint density at radius 3 is 2.30 bits per heavy atom. The number of imide groups is 1. The number of rotatable bonds is 4. The molecule has 20 heavy (non-hydrogen) atoms. The summed E-state index contributed by atoms with van der Waals surface area (Å²) < 4.78 is 5.14. The fourth-order valence-corrected chi connectivity index (χ4v) is 2.32. The second kappa shape index (κ2) is 6.72. The van der Waals surface area contributed by atoms with Crippen LogP contribution >= 0.6 is 0 Å². The molecule has 0 bridgehead atoms. The van der Waals surface area contributed by atoms with Crippen LogP contribution < -0.4 is 10.6 Å². The van der Waals surface area contributed by atoms with Gasteiger partial charge < -0.3 is 10.1 Å². The molecule has 2 aliphatic carbocycles. The van der Waals surface area contributed by atoms with Gasteiger partial charge in [0.15, 0.2) is 6.10 Å². The molecule has 112 valence electrons. The summed E-state index contributed by atoms with van der Waals surface area (Å²) in [6, 6.07) is -0.332. The van der Waals surface area contributed by atoms with E-state index in [-0.39, 0.29) is 17.9 Å². The number of ether oxygens (including phenoxy) is 1. The van der Waals surface area contributed by atoms with Crippen LogP contribution in [0.5, 0.6) is 0 Å². The lowest BCUT2D eigenvalue weighted by atomic mass is 9.89. The number of esters is 1. The van der Waals surface area contributed by atoms with Gasteiger partial charge in [0.1, 0.15) is 0 Å². The molecule has 0 spiro atoms. The number of hydrogen-bond donors (Lipinski definition) is 2. The Hall–Kier alpha value is -1.59. The Labute approximate surface area is 118 Å². The molecule has 2 aliphatic rings. The van der Waals surface area contributed by atoms with Crippen LogP contribution in [0.2, 0.25) is 0 Å². The van der Waals surface area contributed by atoms with Gasteiger partial charge in [0.25, 0.3) is 5.91 Å². The fourth-order valence-electron chi connectivity index (χ4n) is 2.32. The smallest absolute Gasteiger partial charge is 0.321 e. The average Bonchev–Trinajstić information content (AvgIpc) is 3.23. The molecule has 0 heterocycles. The van der Waals surface area contributed by atoms with Crippen LogP contribution in [0.3, 0.4) is 0 Å². The molecule has 1 atom stereocenters. The third-order valence-electron chi connectivity index (χ3n) is 3.75. The highest BCUT2D eigenvalue weighted by atomic mass is 16.5. The number of urea groups is 1. The zero-order valence-corrected chi connectivity index (χ0v) is 11.8.